The standard InChI is InChI=1S/C48H36/c1-47(2)41-23-12-11-19-35(41)36-25-24-30(26-42(36)47)39-27-43-45(37-20-9-7-17-33(37)39)46-38-21-10-8-18-34(38)40(28-44(46)48(43,3)4)32-22-13-15-29-14-5-6-16-31(29)32/h5-28H,1-4H3. The van der Waals surface area contributed by atoms with E-state index in [0.29, 0.717) is 0 Å². The zero-order valence-electron chi connectivity index (χ0n) is 27.9. The van der Waals surface area contributed by atoms with Crippen molar-refractivity contribution in [1.29, 1.82) is 0 Å². The summed E-state index contributed by atoms with van der Waals surface area (Å²) in [5.41, 5.74) is 16.2. The predicted molar refractivity (Wildman–Crippen MR) is 205 cm³/mol. The molecule has 0 nitrogen and oxygen atoms in total. The molecule has 0 saturated heterocycles. The summed E-state index contributed by atoms with van der Waals surface area (Å²) in [6.45, 7) is 9.61. The Labute approximate surface area is 282 Å². The second kappa shape index (κ2) is 9.55. The van der Waals surface area contributed by atoms with Crippen LogP contribution in [0.5, 0.6) is 0 Å². The van der Waals surface area contributed by atoms with Crippen molar-refractivity contribution in [1.82, 2.24) is 0 Å². The Morgan fingerprint density at radius 1 is 0.312 bits per heavy atom. The number of hydrogen-bond acceptors (Lipinski definition) is 0. The summed E-state index contributed by atoms with van der Waals surface area (Å²) in [5, 5.41) is 7.87. The van der Waals surface area contributed by atoms with E-state index >= 15 is 0 Å². The van der Waals surface area contributed by atoms with Crippen LogP contribution in [0.1, 0.15) is 49.9 Å². The second-order valence-electron chi connectivity index (χ2n) is 14.9. The number of benzene rings is 8. The smallest absolute Gasteiger partial charge is 0.0159 e. The predicted octanol–water partition coefficient (Wildman–Crippen LogP) is 13.1. The number of rotatable bonds is 2. The van der Waals surface area contributed by atoms with Crippen LogP contribution in [0, 0.1) is 0 Å². The Morgan fingerprint density at radius 3 is 1.54 bits per heavy atom. The van der Waals surface area contributed by atoms with Crippen LogP contribution in [0.3, 0.4) is 0 Å². The first-order valence-corrected chi connectivity index (χ1v) is 17.2. The van der Waals surface area contributed by atoms with E-state index in [0.717, 1.165) is 0 Å². The van der Waals surface area contributed by atoms with Crippen molar-refractivity contribution in [2.75, 3.05) is 0 Å². The van der Waals surface area contributed by atoms with Crippen LogP contribution >= 0.6 is 0 Å². The van der Waals surface area contributed by atoms with Gasteiger partial charge in [-0.15, -0.1) is 0 Å². The van der Waals surface area contributed by atoms with Crippen LogP contribution in [-0.2, 0) is 10.8 Å². The largest absolute Gasteiger partial charge is 0.0619 e. The van der Waals surface area contributed by atoms with Crippen LogP contribution in [0.15, 0.2) is 146 Å². The van der Waals surface area contributed by atoms with E-state index in [1.807, 2.05) is 0 Å². The maximum Gasteiger partial charge on any atom is 0.0159 e. The first-order chi connectivity index (χ1) is 23.3. The van der Waals surface area contributed by atoms with Crippen molar-refractivity contribution in [2.45, 2.75) is 38.5 Å². The topological polar surface area (TPSA) is 0 Å². The molecule has 2 aliphatic rings. The summed E-state index contributed by atoms with van der Waals surface area (Å²) in [4.78, 5) is 0. The van der Waals surface area contributed by atoms with Gasteiger partial charge in [0.1, 0.15) is 0 Å². The second-order valence-corrected chi connectivity index (χ2v) is 14.9. The van der Waals surface area contributed by atoms with Crippen molar-refractivity contribution in [2.24, 2.45) is 0 Å². The van der Waals surface area contributed by atoms with E-state index < -0.39 is 0 Å². The Bertz CT molecular complexity index is 2660. The van der Waals surface area contributed by atoms with Crippen LogP contribution < -0.4 is 0 Å². The van der Waals surface area contributed by atoms with Crippen LogP contribution in [0.4, 0.5) is 0 Å². The molecule has 0 saturated carbocycles. The molecule has 0 unspecified atom stereocenters. The summed E-state index contributed by atoms with van der Waals surface area (Å²) in [6, 6.07) is 54.8. The van der Waals surface area contributed by atoms with Crippen molar-refractivity contribution in [3.63, 3.8) is 0 Å². The molecule has 0 aromatic heterocycles. The van der Waals surface area contributed by atoms with Crippen LogP contribution in [0.2, 0.25) is 0 Å². The van der Waals surface area contributed by atoms with Gasteiger partial charge >= 0.3 is 0 Å². The lowest BCUT2D eigenvalue weighted by Gasteiger charge is -2.25. The average molecular weight is 613 g/mol. The molecular formula is C48H36. The van der Waals surface area contributed by atoms with Gasteiger partial charge in [-0.3, -0.25) is 0 Å². The fraction of sp³-hybridized carbons (Fsp3) is 0.125. The van der Waals surface area contributed by atoms with Gasteiger partial charge in [0.15, 0.2) is 0 Å². The van der Waals surface area contributed by atoms with Gasteiger partial charge < -0.3 is 0 Å². The van der Waals surface area contributed by atoms with E-state index in [1.165, 1.54) is 99.1 Å². The zero-order chi connectivity index (χ0) is 32.4. The molecule has 0 heteroatoms. The highest BCUT2D eigenvalue weighted by Gasteiger charge is 2.40. The van der Waals surface area contributed by atoms with Gasteiger partial charge in [0.2, 0.25) is 0 Å². The number of fused-ring (bicyclic) bond motifs is 11. The van der Waals surface area contributed by atoms with Gasteiger partial charge in [0.05, 0.1) is 0 Å². The summed E-state index contributed by atoms with van der Waals surface area (Å²) >= 11 is 0. The maximum absolute atomic E-state index is 2.53. The zero-order valence-corrected chi connectivity index (χ0v) is 27.9. The highest BCUT2D eigenvalue weighted by molar-refractivity contribution is 6.18. The molecule has 0 amide bonds. The first-order valence-electron chi connectivity index (χ1n) is 17.2. The molecule has 0 fully saturated rings. The monoisotopic (exact) mass is 612 g/mol. The molecule has 8 aromatic rings. The van der Waals surface area contributed by atoms with E-state index in [4.69, 9.17) is 0 Å². The van der Waals surface area contributed by atoms with Crippen LogP contribution in [0.25, 0.3) is 76.8 Å². The Balaban J connectivity index is 1.25. The summed E-state index contributed by atoms with van der Waals surface area (Å²) in [5.74, 6) is 0. The molecule has 10 rings (SSSR count). The molecule has 0 bridgehead atoms. The van der Waals surface area contributed by atoms with Gasteiger partial charge in [-0.2, -0.15) is 0 Å². The molecule has 2 aliphatic carbocycles. The van der Waals surface area contributed by atoms with Gasteiger partial charge in [0.25, 0.3) is 0 Å². The lowest BCUT2D eigenvalue weighted by molar-refractivity contribution is 0.660. The summed E-state index contributed by atoms with van der Waals surface area (Å²) in [6.07, 6.45) is 0. The van der Waals surface area contributed by atoms with E-state index in [-0.39, 0.29) is 10.8 Å². The minimum Gasteiger partial charge on any atom is -0.0619 e. The SMILES string of the molecule is CC1(C)c2ccccc2-c2ccc(-c3cc4c(c5ccccc35)-c3c(cc(-c5cccc6ccccc56)c5ccccc35)C4(C)C)cc21. The normalized spacial score (nSPS) is 15.0. The molecule has 228 valence electrons. The molecule has 0 heterocycles. The quantitative estimate of drug-likeness (QED) is 0.182. The third kappa shape index (κ3) is 3.55. The lowest BCUT2D eigenvalue weighted by atomic mass is 9.78. The van der Waals surface area contributed by atoms with Crippen LogP contribution in [-0.4, -0.2) is 0 Å². The Hall–Kier alpha value is -5.46. The third-order valence-corrected chi connectivity index (χ3v) is 11.7. The molecule has 0 radical (unpaired) electrons. The Morgan fingerprint density at radius 2 is 0.812 bits per heavy atom. The molecule has 0 N–H and O–H groups in total. The average Bonchev–Trinajstić information content (AvgIpc) is 3.50. The van der Waals surface area contributed by atoms with Gasteiger partial charge in [-0.25, -0.2) is 0 Å². The van der Waals surface area contributed by atoms with Crippen molar-refractivity contribution >= 4 is 32.3 Å². The fourth-order valence-electron chi connectivity index (χ4n) is 9.21. The van der Waals surface area contributed by atoms with E-state index in [1.54, 1.807) is 0 Å². The van der Waals surface area contributed by atoms with Gasteiger partial charge in [0, 0.05) is 10.8 Å². The third-order valence-electron chi connectivity index (χ3n) is 11.7. The summed E-state index contributed by atoms with van der Waals surface area (Å²) in [7, 11) is 0. The molecule has 0 spiro atoms. The van der Waals surface area contributed by atoms with Crippen molar-refractivity contribution < 1.29 is 0 Å². The molecular weight excluding hydrogens is 577 g/mol. The van der Waals surface area contributed by atoms with E-state index in [2.05, 4.69) is 173 Å². The van der Waals surface area contributed by atoms with Crippen molar-refractivity contribution in [3.05, 3.63) is 168 Å². The highest BCUT2D eigenvalue weighted by atomic mass is 14.4. The molecule has 8 aromatic carbocycles. The lowest BCUT2D eigenvalue weighted by Crippen LogP contribution is -2.16. The summed E-state index contributed by atoms with van der Waals surface area (Å²) < 4.78 is 0. The highest BCUT2D eigenvalue weighted by Crippen LogP contribution is 2.57. The first kappa shape index (κ1) is 27.6. The fourth-order valence-corrected chi connectivity index (χ4v) is 9.21. The van der Waals surface area contributed by atoms with Crippen molar-refractivity contribution in [3.8, 4) is 44.5 Å². The maximum atomic E-state index is 2.53. The van der Waals surface area contributed by atoms with Gasteiger partial charge in [-0.05, 0) is 117 Å². The molecule has 0 atom stereocenters. The minimum atomic E-state index is -0.181. The molecule has 48 heavy (non-hydrogen) atoms. The van der Waals surface area contributed by atoms with E-state index in [9.17, 15) is 0 Å². The molecule has 0 aliphatic heterocycles. The minimum absolute atomic E-state index is 0.0408. The Kier molecular flexibility index (Phi) is 5.50. The number of hydrogen-bond donors (Lipinski definition) is 0. The van der Waals surface area contributed by atoms with Gasteiger partial charge in [-0.1, -0.05) is 155 Å².